The van der Waals surface area contributed by atoms with Crippen molar-refractivity contribution in [3.63, 3.8) is 0 Å². The van der Waals surface area contributed by atoms with Crippen LogP contribution in [0.25, 0.3) is 0 Å². The summed E-state index contributed by atoms with van der Waals surface area (Å²) in [4.78, 5) is 14.4. The molecule has 1 rings (SSSR count). The molecule has 0 aliphatic carbocycles. The van der Waals surface area contributed by atoms with E-state index < -0.39 is 0 Å². The first-order chi connectivity index (χ1) is 5.77. The van der Waals surface area contributed by atoms with Gasteiger partial charge in [0, 0.05) is 33.3 Å². The summed E-state index contributed by atoms with van der Waals surface area (Å²) in [5.41, 5.74) is 0. The number of carbonyl (C=O) groups excluding carboxylic acids is 1. The van der Waals surface area contributed by atoms with Gasteiger partial charge in [-0.05, 0) is 6.92 Å². The third-order valence-corrected chi connectivity index (χ3v) is 2.35. The summed E-state index contributed by atoms with van der Waals surface area (Å²) >= 11 is 0. The number of hydrogen-bond donors (Lipinski definition) is 0. The van der Waals surface area contributed by atoms with Crippen molar-refractivity contribution in [1.82, 2.24) is 9.80 Å². The van der Waals surface area contributed by atoms with E-state index >= 15 is 0 Å². The van der Waals surface area contributed by atoms with E-state index in [0.717, 1.165) is 32.6 Å². The third-order valence-electron chi connectivity index (χ3n) is 2.35. The average Bonchev–Trinajstić information content (AvgIpc) is 2.17. The molecule has 0 bridgehead atoms. The second-order valence-corrected chi connectivity index (χ2v) is 3.01. The van der Waals surface area contributed by atoms with Gasteiger partial charge < -0.3 is 9.64 Å². The molecule has 12 heavy (non-hydrogen) atoms. The standard InChI is InChI=1S/C8H16N2O2/c1-8(12-2)10-5-3-9(7-11)4-6-10/h7-8H,3-6H2,1-2H3. The van der Waals surface area contributed by atoms with Gasteiger partial charge in [0.2, 0.25) is 6.41 Å². The first kappa shape index (κ1) is 9.48. The first-order valence-corrected chi connectivity index (χ1v) is 4.24. The molecule has 4 heteroatoms. The number of amides is 1. The van der Waals surface area contributed by atoms with Crippen molar-refractivity contribution in [3.8, 4) is 0 Å². The highest BCUT2D eigenvalue weighted by Gasteiger charge is 2.19. The summed E-state index contributed by atoms with van der Waals surface area (Å²) in [5, 5.41) is 0. The maximum atomic E-state index is 10.4. The minimum absolute atomic E-state index is 0.166. The Bertz CT molecular complexity index is 144. The van der Waals surface area contributed by atoms with E-state index in [-0.39, 0.29) is 6.23 Å². The fourth-order valence-electron chi connectivity index (χ4n) is 1.36. The highest BCUT2D eigenvalue weighted by molar-refractivity contribution is 5.47. The number of carbonyl (C=O) groups is 1. The van der Waals surface area contributed by atoms with Gasteiger partial charge in [-0.1, -0.05) is 0 Å². The second-order valence-electron chi connectivity index (χ2n) is 3.01. The van der Waals surface area contributed by atoms with E-state index in [0.29, 0.717) is 0 Å². The molecule has 1 aliphatic heterocycles. The van der Waals surface area contributed by atoms with E-state index in [4.69, 9.17) is 4.74 Å². The Morgan fingerprint density at radius 3 is 2.33 bits per heavy atom. The summed E-state index contributed by atoms with van der Waals surface area (Å²) in [5.74, 6) is 0. The Kier molecular flexibility index (Phi) is 3.49. The van der Waals surface area contributed by atoms with Gasteiger partial charge in [0.1, 0.15) is 6.23 Å². The fraction of sp³-hybridized carbons (Fsp3) is 0.875. The van der Waals surface area contributed by atoms with Crippen LogP contribution >= 0.6 is 0 Å². The topological polar surface area (TPSA) is 32.8 Å². The fourth-order valence-corrected chi connectivity index (χ4v) is 1.36. The molecule has 0 saturated carbocycles. The van der Waals surface area contributed by atoms with Crippen LogP contribution in [0.2, 0.25) is 0 Å². The maximum Gasteiger partial charge on any atom is 0.209 e. The van der Waals surface area contributed by atoms with E-state index in [1.165, 1.54) is 0 Å². The van der Waals surface area contributed by atoms with E-state index in [2.05, 4.69) is 4.90 Å². The summed E-state index contributed by atoms with van der Waals surface area (Å²) in [6.45, 7) is 5.48. The van der Waals surface area contributed by atoms with Crippen molar-refractivity contribution >= 4 is 6.41 Å². The average molecular weight is 172 g/mol. The van der Waals surface area contributed by atoms with Gasteiger partial charge in [0.05, 0.1) is 0 Å². The lowest BCUT2D eigenvalue weighted by Crippen LogP contribution is -2.49. The minimum Gasteiger partial charge on any atom is -0.367 e. The Balaban J connectivity index is 2.30. The number of nitrogens with zero attached hydrogens (tertiary/aromatic N) is 2. The Hall–Kier alpha value is -0.610. The molecule has 70 valence electrons. The highest BCUT2D eigenvalue weighted by atomic mass is 16.5. The van der Waals surface area contributed by atoms with Gasteiger partial charge in [-0.15, -0.1) is 0 Å². The first-order valence-electron chi connectivity index (χ1n) is 4.24. The summed E-state index contributed by atoms with van der Waals surface area (Å²) in [6.07, 6.45) is 1.08. The zero-order chi connectivity index (χ0) is 8.97. The molecule has 1 atom stereocenters. The zero-order valence-electron chi connectivity index (χ0n) is 7.69. The molecule has 0 aromatic heterocycles. The van der Waals surface area contributed by atoms with Crippen molar-refractivity contribution < 1.29 is 9.53 Å². The van der Waals surface area contributed by atoms with Crippen LogP contribution in [-0.4, -0.2) is 55.7 Å². The van der Waals surface area contributed by atoms with Crippen LogP contribution in [0.4, 0.5) is 0 Å². The monoisotopic (exact) mass is 172 g/mol. The van der Waals surface area contributed by atoms with Gasteiger partial charge in [-0.2, -0.15) is 0 Å². The van der Waals surface area contributed by atoms with Crippen LogP contribution in [0.15, 0.2) is 0 Å². The molecule has 1 unspecified atom stereocenters. The number of ether oxygens (including phenoxy) is 1. The largest absolute Gasteiger partial charge is 0.367 e. The minimum atomic E-state index is 0.166. The van der Waals surface area contributed by atoms with E-state index in [1.54, 1.807) is 12.0 Å². The maximum absolute atomic E-state index is 10.4. The van der Waals surface area contributed by atoms with Crippen LogP contribution < -0.4 is 0 Å². The quantitative estimate of drug-likeness (QED) is 0.550. The molecule has 1 amide bonds. The lowest BCUT2D eigenvalue weighted by atomic mass is 10.3. The molecule has 1 saturated heterocycles. The Morgan fingerprint density at radius 2 is 1.92 bits per heavy atom. The van der Waals surface area contributed by atoms with Crippen molar-refractivity contribution in [2.75, 3.05) is 33.3 Å². The third kappa shape index (κ3) is 2.19. The molecule has 1 fully saturated rings. The normalized spacial score (nSPS) is 22.3. The Morgan fingerprint density at radius 1 is 1.33 bits per heavy atom. The van der Waals surface area contributed by atoms with Crippen LogP contribution in [0.3, 0.4) is 0 Å². The molecule has 0 aromatic carbocycles. The SMILES string of the molecule is COC(C)N1CCN(C=O)CC1. The molecule has 0 aromatic rings. The molecule has 0 spiro atoms. The van der Waals surface area contributed by atoms with Gasteiger partial charge >= 0.3 is 0 Å². The molecular formula is C8H16N2O2. The summed E-state index contributed by atoms with van der Waals surface area (Å²) < 4.78 is 5.18. The lowest BCUT2D eigenvalue weighted by Gasteiger charge is -2.35. The van der Waals surface area contributed by atoms with Crippen LogP contribution in [-0.2, 0) is 9.53 Å². The number of rotatable bonds is 3. The van der Waals surface area contributed by atoms with Crippen molar-refractivity contribution in [3.05, 3.63) is 0 Å². The summed E-state index contributed by atoms with van der Waals surface area (Å²) in [6, 6.07) is 0. The molecule has 1 aliphatic rings. The van der Waals surface area contributed by atoms with Crippen molar-refractivity contribution in [2.24, 2.45) is 0 Å². The summed E-state index contributed by atoms with van der Waals surface area (Å²) in [7, 11) is 1.71. The van der Waals surface area contributed by atoms with Crippen molar-refractivity contribution in [2.45, 2.75) is 13.2 Å². The van der Waals surface area contributed by atoms with Gasteiger partial charge in [0.25, 0.3) is 0 Å². The van der Waals surface area contributed by atoms with E-state index in [1.807, 2.05) is 6.92 Å². The van der Waals surface area contributed by atoms with Gasteiger partial charge in [-0.3, -0.25) is 9.69 Å². The van der Waals surface area contributed by atoms with Gasteiger partial charge in [-0.25, -0.2) is 0 Å². The van der Waals surface area contributed by atoms with Crippen LogP contribution in [0, 0.1) is 0 Å². The van der Waals surface area contributed by atoms with Gasteiger partial charge in [0.15, 0.2) is 0 Å². The molecular weight excluding hydrogens is 156 g/mol. The molecule has 1 heterocycles. The number of hydrogen-bond acceptors (Lipinski definition) is 3. The van der Waals surface area contributed by atoms with E-state index in [9.17, 15) is 4.79 Å². The predicted molar refractivity (Wildman–Crippen MR) is 45.7 cm³/mol. The van der Waals surface area contributed by atoms with Crippen molar-refractivity contribution in [1.29, 1.82) is 0 Å². The molecule has 0 N–H and O–H groups in total. The smallest absolute Gasteiger partial charge is 0.209 e. The lowest BCUT2D eigenvalue weighted by molar-refractivity contribution is -0.122. The number of piperazine rings is 1. The second kappa shape index (κ2) is 4.42. The number of methoxy groups -OCH3 is 1. The predicted octanol–water partition coefficient (Wildman–Crippen LogP) is -0.247. The highest BCUT2D eigenvalue weighted by Crippen LogP contribution is 2.04. The Labute approximate surface area is 73.1 Å². The zero-order valence-corrected chi connectivity index (χ0v) is 7.69. The van der Waals surface area contributed by atoms with Crippen LogP contribution in [0.5, 0.6) is 0 Å². The van der Waals surface area contributed by atoms with Crippen LogP contribution in [0.1, 0.15) is 6.92 Å². The molecule has 0 radical (unpaired) electrons. The molecule has 4 nitrogen and oxygen atoms in total.